The van der Waals surface area contributed by atoms with E-state index in [4.69, 9.17) is 9.47 Å². The Morgan fingerprint density at radius 3 is 2.44 bits per heavy atom. The van der Waals surface area contributed by atoms with Crippen LogP contribution in [0.5, 0.6) is 5.75 Å². The lowest BCUT2D eigenvalue weighted by atomic mass is 9.98. The van der Waals surface area contributed by atoms with Crippen LogP contribution in [-0.4, -0.2) is 12.9 Å². The number of benzene rings is 1. The maximum absolute atomic E-state index is 5.79. The zero-order valence-corrected chi connectivity index (χ0v) is 10.7. The average Bonchev–Trinajstić information content (AvgIpc) is 2.29. The monoisotopic (exact) mass is 222 g/mol. The molecule has 0 aliphatic rings. The van der Waals surface area contributed by atoms with E-state index in [0.717, 1.165) is 12.2 Å². The highest BCUT2D eigenvalue weighted by atomic mass is 16.7. The smallest absolute Gasteiger partial charge is 0.196 e. The molecule has 0 fully saturated rings. The number of hydrogen-bond donors (Lipinski definition) is 0. The zero-order chi connectivity index (χ0) is 12.0. The van der Waals surface area contributed by atoms with Crippen molar-refractivity contribution in [2.45, 2.75) is 46.3 Å². The first-order valence-corrected chi connectivity index (χ1v) is 6.06. The van der Waals surface area contributed by atoms with Crippen molar-refractivity contribution in [3.05, 3.63) is 29.8 Å². The Kier molecular flexibility index (Phi) is 5.33. The van der Waals surface area contributed by atoms with Crippen molar-refractivity contribution in [2.75, 3.05) is 6.61 Å². The fourth-order valence-corrected chi connectivity index (χ4v) is 1.66. The van der Waals surface area contributed by atoms with Gasteiger partial charge in [-0.15, -0.1) is 0 Å². The van der Waals surface area contributed by atoms with Crippen molar-refractivity contribution in [1.82, 2.24) is 0 Å². The van der Waals surface area contributed by atoms with Crippen molar-refractivity contribution in [2.24, 2.45) is 0 Å². The first kappa shape index (κ1) is 13.0. The van der Waals surface area contributed by atoms with Gasteiger partial charge in [-0.3, -0.25) is 0 Å². The largest absolute Gasteiger partial charge is 0.465 e. The molecule has 0 aliphatic carbocycles. The fraction of sp³-hybridized carbons (Fsp3) is 0.571. The molecule has 2 atom stereocenters. The highest BCUT2D eigenvalue weighted by Gasteiger charge is 2.11. The molecule has 1 aromatic rings. The molecule has 0 radical (unpaired) electrons. The maximum Gasteiger partial charge on any atom is 0.196 e. The Labute approximate surface area is 98.6 Å². The van der Waals surface area contributed by atoms with Crippen LogP contribution in [-0.2, 0) is 4.74 Å². The highest BCUT2D eigenvalue weighted by molar-refractivity contribution is 5.35. The number of hydrogen-bond acceptors (Lipinski definition) is 2. The molecule has 1 aromatic carbocycles. The van der Waals surface area contributed by atoms with Gasteiger partial charge in [0, 0.05) is 6.61 Å². The van der Waals surface area contributed by atoms with Gasteiger partial charge in [-0.1, -0.05) is 32.0 Å². The minimum absolute atomic E-state index is 0.185. The zero-order valence-electron chi connectivity index (χ0n) is 10.7. The molecule has 16 heavy (non-hydrogen) atoms. The van der Waals surface area contributed by atoms with Gasteiger partial charge in [0.1, 0.15) is 5.75 Å². The second-order valence-electron chi connectivity index (χ2n) is 3.99. The van der Waals surface area contributed by atoms with Gasteiger partial charge in [0.15, 0.2) is 6.29 Å². The molecule has 0 saturated carbocycles. The summed E-state index contributed by atoms with van der Waals surface area (Å²) < 4.78 is 11.2. The van der Waals surface area contributed by atoms with Crippen LogP contribution in [0, 0.1) is 0 Å². The van der Waals surface area contributed by atoms with E-state index in [1.165, 1.54) is 5.56 Å². The van der Waals surface area contributed by atoms with Crippen LogP contribution in [0.2, 0.25) is 0 Å². The molecule has 0 spiro atoms. The van der Waals surface area contributed by atoms with Gasteiger partial charge < -0.3 is 9.47 Å². The maximum atomic E-state index is 5.79. The Hall–Kier alpha value is -1.02. The molecule has 0 aliphatic heterocycles. The van der Waals surface area contributed by atoms with E-state index in [1.807, 2.05) is 26.0 Å². The van der Waals surface area contributed by atoms with Crippen molar-refractivity contribution < 1.29 is 9.47 Å². The summed E-state index contributed by atoms with van der Waals surface area (Å²) in [6, 6.07) is 8.19. The van der Waals surface area contributed by atoms with Gasteiger partial charge in [0.25, 0.3) is 0 Å². The third-order valence-corrected chi connectivity index (χ3v) is 2.76. The molecule has 0 N–H and O–H groups in total. The standard InChI is InChI=1S/C14H22O2/c1-5-11(3)13-9-7-8-10-14(13)16-12(4)15-6-2/h7-12H,5-6H2,1-4H3. The van der Waals surface area contributed by atoms with E-state index < -0.39 is 0 Å². The van der Waals surface area contributed by atoms with Crippen molar-refractivity contribution in [3.63, 3.8) is 0 Å². The summed E-state index contributed by atoms with van der Waals surface area (Å²) in [7, 11) is 0. The van der Waals surface area contributed by atoms with Crippen LogP contribution in [0.15, 0.2) is 24.3 Å². The first-order valence-electron chi connectivity index (χ1n) is 6.06. The quantitative estimate of drug-likeness (QED) is 0.678. The van der Waals surface area contributed by atoms with Crippen LogP contribution in [0.3, 0.4) is 0 Å². The van der Waals surface area contributed by atoms with Crippen LogP contribution in [0.4, 0.5) is 0 Å². The predicted molar refractivity (Wildman–Crippen MR) is 66.9 cm³/mol. The highest BCUT2D eigenvalue weighted by Crippen LogP contribution is 2.29. The molecule has 1 rings (SSSR count). The van der Waals surface area contributed by atoms with Crippen LogP contribution < -0.4 is 4.74 Å². The summed E-state index contributed by atoms with van der Waals surface area (Å²) in [6.07, 6.45) is 0.929. The molecule has 0 bridgehead atoms. The number of ether oxygens (including phenoxy) is 2. The average molecular weight is 222 g/mol. The lowest BCUT2D eigenvalue weighted by molar-refractivity contribution is -0.0619. The van der Waals surface area contributed by atoms with Gasteiger partial charge >= 0.3 is 0 Å². The lowest BCUT2D eigenvalue weighted by Crippen LogP contribution is -2.17. The minimum Gasteiger partial charge on any atom is -0.465 e. The van der Waals surface area contributed by atoms with Crippen LogP contribution in [0.1, 0.15) is 45.6 Å². The normalized spacial score (nSPS) is 14.5. The topological polar surface area (TPSA) is 18.5 Å². The molecular formula is C14H22O2. The molecule has 0 aromatic heterocycles. The third-order valence-electron chi connectivity index (χ3n) is 2.76. The first-order chi connectivity index (χ1) is 7.69. The van der Waals surface area contributed by atoms with Gasteiger partial charge in [0.05, 0.1) is 0 Å². The van der Waals surface area contributed by atoms with E-state index in [0.29, 0.717) is 12.5 Å². The third kappa shape index (κ3) is 3.53. The number of rotatable bonds is 6. The summed E-state index contributed by atoms with van der Waals surface area (Å²) >= 11 is 0. The molecule has 0 heterocycles. The summed E-state index contributed by atoms with van der Waals surface area (Å²) in [5, 5.41) is 0. The molecule has 2 nitrogen and oxygen atoms in total. The Morgan fingerprint density at radius 1 is 1.12 bits per heavy atom. The van der Waals surface area contributed by atoms with E-state index in [9.17, 15) is 0 Å². The SMILES string of the molecule is CCOC(C)Oc1ccccc1C(C)CC. The van der Waals surface area contributed by atoms with Crippen molar-refractivity contribution >= 4 is 0 Å². The Bertz CT molecular complexity index is 309. The van der Waals surface area contributed by atoms with E-state index in [-0.39, 0.29) is 6.29 Å². The van der Waals surface area contributed by atoms with Gasteiger partial charge in [-0.2, -0.15) is 0 Å². The summed E-state index contributed by atoms with van der Waals surface area (Å²) in [5.41, 5.74) is 1.26. The van der Waals surface area contributed by atoms with Crippen molar-refractivity contribution in [1.29, 1.82) is 0 Å². The van der Waals surface area contributed by atoms with Crippen LogP contribution in [0.25, 0.3) is 0 Å². The summed E-state index contributed by atoms with van der Waals surface area (Å²) in [5.74, 6) is 1.46. The summed E-state index contributed by atoms with van der Waals surface area (Å²) in [6.45, 7) is 8.98. The molecule has 2 heteroatoms. The van der Waals surface area contributed by atoms with E-state index >= 15 is 0 Å². The van der Waals surface area contributed by atoms with Gasteiger partial charge in [-0.05, 0) is 37.8 Å². The fourth-order valence-electron chi connectivity index (χ4n) is 1.66. The Morgan fingerprint density at radius 2 is 1.81 bits per heavy atom. The minimum atomic E-state index is -0.185. The molecule has 2 unspecified atom stereocenters. The van der Waals surface area contributed by atoms with Crippen molar-refractivity contribution in [3.8, 4) is 5.75 Å². The molecule has 0 amide bonds. The van der Waals surface area contributed by atoms with E-state index in [1.54, 1.807) is 0 Å². The molecule has 0 saturated heterocycles. The van der Waals surface area contributed by atoms with Crippen LogP contribution >= 0.6 is 0 Å². The summed E-state index contributed by atoms with van der Waals surface area (Å²) in [4.78, 5) is 0. The predicted octanol–water partition coefficient (Wildman–Crippen LogP) is 3.96. The molecular weight excluding hydrogens is 200 g/mol. The molecule has 90 valence electrons. The van der Waals surface area contributed by atoms with E-state index in [2.05, 4.69) is 26.0 Å². The van der Waals surface area contributed by atoms with Gasteiger partial charge in [-0.25, -0.2) is 0 Å². The lowest BCUT2D eigenvalue weighted by Gasteiger charge is -2.19. The second kappa shape index (κ2) is 6.54. The second-order valence-corrected chi connectivity index (χ2v) is 3.99. The Balaban J connectivity index is 2.78. The number of para-hydroxylation sites is 1. The van der Waals surface area contributed by atoms with Gasteiger partial charge in [0.2, 0.25) is 0 Å².